The Kier molecular flexibility index (Phi) is 4.66. The van der Waals surface area contributed by atoms with Crippen molar-refractivity contribution in [3.05, 3.63) is 34.6 Å². The van der Waals surface area contributed by atoms with Gasteiger partial charge in [0.05, 0.1) is 11.7 Å². The summed E-state index contributed by atoms with van der Waals surface area (Å²) in [6.07, 6.45) is 2.67. The molecule has 120 valence electrons. The van der Waals surface area contributed by atoms with E-state index in [1.54, 1.807) is 4.90 Å². The van der Waals surface area contributed by atoms with E-state index in [0.29, 0.717) is 18.1 Å². The first kappa shape index (κ1) is 15.7. The highest BCUT2D eigenvalue weighted by atomic mass is 35.5. The van der Waals surface area contributed by atoms with Gasteiger partial charge in [-0.3, -0.25) is 9.69 Å². The Morgan fingerprint density at radius 1 is 1.23 bits per heavy atom. The summed E-state index contributed by atoms with van der Waals surface area (Å²) in [5.74, 6) is -0.852. The summed E-state index contributed by atoms with van der Waals surface area (Å²) in [6.45, 7) is 2.54. The van der Waals surface area contributed by atoms with Gasteiger partial charge in [-0.2, -0.15) is 0 Å². The lowest BCUT2D eigenvalue weighted by Crippen LogP contribution is -2.53. The molecule has 2 atom stereocenters. The quantitative estimate of drug-likeness (QED) is 0.905. The molecule has 1 saturated carbocycles. The van der Waals surface area contributed by atoms with Gasteiger partial charge in [0.1, 0.15) is 5.82 Å². The van der Waals surface area contributed by atoms with Crippen molar-refractivity contribution in [1.29, 1.82) is 0 Å². The second-order valence-electron chi connectivity index (χ2n) is 6.02. The molecule has 0 bridgehead atoms. The third-order valence-electron chi connectivity index (χ3n) is 4.67. The van der Waals surface area contributed by atoms with Crippen LogP contribution in [0.25, 0.3) is 0 Å². The molecule has 1 aromatic rings. The average molecular weight is 327 g/mol. The van der Waals surface area contributed by atoms with Crippen LogP contribution in [0.4, 0.5) is 4.39 Å². The van der Waals surface area contributed by atoms with E-state index in [1.807, 2.05) is 0 Å². The second kappa shape index (κ2) is 6.52. The van der Waals surface area contributed by atoms with Crippen molar-refractivity contribution in [2.75, 3.05) is 26.2 Å². The number of nitrogens with zero attached hydrogens (tertiary/aromatic N) is 2. The highest BCUT2D eigenvalue weighted by Crippen LogP contribution is 2.25. The van der Waals surface area contributed by atoms with Crippen LogP contribution in [0.3, 0.4) is 0 Å². The zero-order valence-electron chi connectivity index (χ0n) is 12.3. The summed E-state index contributed by atoms with van der Waals surface area (Å²) in [6, 6.07) is 4.25. The SMILES string of the molecule is O=C(c1cc(Cl)ccc1F)N1CCN([C@H]2CCC[C@H]2O)CC1. The van der Waals surface area contributed by atoms with Crippen LogP contribution in [0, 0.1) is 5.82 Å². The Morgan fingerprint density at radius 3 is 2.59 bits per heavy atom. The van der Waals surface area contributed by atoms with Gasteiger partial charge in [-0.05, 0) is 37.5 Å². The van der Waals surface area contributed by atoms with Gasteiger partial charge in [0.25, 0.3) is 5.91 Å². The molecule has 1 saturated heterocycles. The standard InChI is InChI=1S/C16H20ClFN2O2/c17-11-4-5-13(18)12(10-11)16(22)20-8-6-19(7-9-20)14-2-1-3-15(14)21/h4-5,10,14-15,21H,1-3,6-9H2/t14-,15+/m0/s1. The monoisotopic (exact) mass is 326 g/mol. The van der Waals surface area contributed by atoms with Crippen molar-refractivity contribution in [3.8, 4) is 0 Å². The maximum atomic E-state index is 13.8. The lowest BCUT2D eigenvalue weighted by atomic mass is 10.1. The van der Waals surface area contributed by atoms with Crippen molar-refractivity contribution in [2.45, 2.75) is 31.4 Å². The van der Waals surface area contributed by atoms with Crippen LogP contribution in [-0.4, -0.2) is 59.1 Å². The third-order valence-corrected chi connectivity index (χ3v) is 4.91. The van der Waals surface area contributed by atoms with E-state index in [4.69, 9.17) is 11.6 Å². The number of amides is 1. The Balaban J connectivity index is 1.63. The molecule has 1 amide bonds. The Morgan fingerprint density at radius 2 is 1.95 bits per heavy atom. The van der Waals surface area contributed by atoms with Gasteiger partial charge in [-0.25, -0.2) is 4.39 Å². The number of hydrogen-bond donors (Lipinski definition) is 1. The van der Waals surface area contributed by atoms with Crippen molar-refractivity contribution in [3.63, 3.8) is 0 Å². The Bertz CT molecular complexity index is 561. The zero-order chi connectivity index (χ0) is 15.7. The minimum atomic E-state index is -0.539. The van der Waals surface area contributed by atoms with E-state index in [1.165, 1.54) is 18.2 Å². The van der Waals surface area contributed by atoms with Crippen LogP contribution in [0.2, 0.25) is 5.02 Å². The van der Waals surface area contributed by atoms with Crippen molar-refractivity contribution in [1.82, 2.24) is 9.80 Å². The van der Waals surface area contributed by atoms with E-state index in [-0.39, 0.29) is 23.6 Å². The zero-order valence-corrected chi connectivity index (χ0v) is 13.1. The lowest BCUT2D eigenvalue weighted by molar-refractivity contribution is 0.0313. The topological polar surface area (TPSA) is 43.8 Å². The summed E-state index contributed by atoms with van der Waals surface area (Å²) in [5, 5.41) is 10.3. The molecule has 3 rings (SSSR count). The normalized spacial score (nSPS) is 26.4. The maximum absolute atomic E-state index is 13.8. The number of hydrogen-bond acceptors (Lipinski definition) is 3. The molecule has 1 heterocycles. The molecule has 1 aliphatic heterocycles. The molecule has 1 N–H and O–H groups in total. The van der Waals surface area contributed by atoms with Crippen LogP contribution >= 0.6 is 11.6 Å². The molecule has 1 aromatic carbocycles. The minimum absolute atomic E-state index is 0.0295. The van der Waals surface area contributed by atoms with Crippen molar-refractivity contribution in [2.24, 2.45) is 0 Å². The number of benzene rings is 1. The molecule has 6 heteroatoms. The van der Waals surface area contributed by atoms with Gasteiger partial charge in [-0.1, -0.05) is 11.6 Å². The fraction of sp³-hybridized carbons (Fsp3) is 0.562. The average Bonchev–Trinajstić information content (AvgIpc) is 2.95. The second-order valence-corrected chi connectivity index (χ2v) is 6.45. The van der Waals surface area contributed by atoms with Crippen LogP contribution in [0.1, 0.15) is 29.6 Å². The first-order valence-electron chi connectivity index (χ1n) is 7.72. The third kappa shape index (κ3) is 3.12. The first-order chi connectivity index (χ1) is 10.6. The van der Waals surface area contributed by atoms with Gasteiger partial charge in [-0.15, -0.1) is 0 Å². The number of aliphatic hydroxyl groups is 1. The first-order valence-corrected chi connectivity index (χ1v) is 8.10. The smallest absolute Gasteiger partial charge is 0.256 e. The van der Waals surface area contributed by atoms with Gasteiger partial charge in [0.15, 0.2) is 0 Å². The number of carbonyl (C=O) groups excluding carboxylic acids is 1. The predicted molar refractivity (Wildman–Crippen MR) is 82.5 cm³/mol. The van der Waals surface area contributed by atoms with Gasteiger partial charge < -0.3 is 10.0 Å². The van der Waals surface area contributed by atoms with Gasteiger partial charge >= 0.3 is 0 Å². The van der Waals surface area contributed by atoms with E-state index in [9.17, 15) is 14.3 Å². The molecule has 1 aliphatic carbocycles. The molecule has 0 radical (unpaired) electrons. The van der Waals surface area contributed by atoms with Gasteiger partial charge in [0.2, 0.25) is 0 Å². The Labute approximate surface area is 134 Å². The van der Waals surface area contributed by atoms with E-state index < -0.39 is 5.82 Å². The predicted octanol–water partition coefficient (Wildman–Crippen LogP) is 2.15. The highest BCUT2D eigenvalue weighted by molar-refractivity contribution is 6.31. The summed E-state index contributed by atoms with van der Waals surface area (Å²) in [4.78, 5) is 16.3. The van der Waals surface area contributed by atoms with Crippen LogP contribution in [-0.2, 0) is 0 Å². The lowest BCUT2D eigenvalue weighted by Gasteiger charge is -2.39. The fourth-order valence-electron chi connectivity index (χ4n) is 3.44. The number of rotatable bonds is 2. The molecule has 22 heavy (non-hydrogen) atoms. The van der Waals surface area contributed by atoms with E-state index in [0.717, 1.165) is 32.4 Å². The molecule has 2 fully saturated rings. The number of carbonyl (C=O) groups is 1. The van der Waals surface area contributed by atoms with Gasteiger partial charge in [0, 0.05) is 37.2 Å². The van der Waals surface area contributed by atoms with Crippen LogP contribution in [0.15, 0.2) is 18.2 Å². The van der Waals surface area contributed by atoms with Crippen LogP contribution in [0.5, 0.6) is 0 Å². The molecule has 4 nitrogen and oxygen atoms in total. The molecule has 0 unspecified atom stereocenters. The highest BCUT2D eigenvalue weighted by Gasteiger charge is 2.33. The Hall–Kier alpha value is -1.17. The number of piperazine rings is 1. The van der Waals surface area contributed by atoms with E-state index in [2.05, 4.69) is 4.90 Å². The maximum Gasteiger partial charge on any atom is 0.256 e. The molecule has 0 aromatic heterocycles. The largest absolute Gasteiger partial charge is 0.391 e. The molecule has 0 spiro atoms. The fourth-order valence-corrected chi connectivity index (χ4v) is 3.61. The summed E-state index contributed by atoms with van der Waals surface area (Å²) in [7, 11) is 0. The summed E-state index contributed by atoms with van der Waals surface area (Å²) >= 11 is 5.85. The number of aliphatic hydroxyl groups excluding tert-OH is 1. The van der Waals surface area contributed by atoms with Crippen molar-refractivity contribution >= 4 is 17.5 Å². The van der Waals surface area contributed by atoms with Crippen LogP contribution < -0.4 is 0 Å². The summed E-state index contributed by atoms with van der Waals surface area (Å²) in [5.41, 5.74) is 0.0295. The molecular weight excluding hydrogens is 307 g/mol. The van der Waals surface area contributed by atoms with Crippen molar-refractivity contribution < 1.29 is 14.3 Å². The minimum Gasteiger partial charge on any atom is -0.391 e. The molecule has 2 aliphatic rings. The number of halogens is 2. The molecular formula is C16H20ClFN2O2. The van der Waals surface area contributed by atoms with E-state index >= 15 is 0 Å². The summed E-state index contributed by atoms with van der Waals surface area (Å²) < 4.78 is 13.8.